The second-order valence-corrected chi connectivity index (χ2v) is 7.00. The summed E-state index contributed by atoms with van der Waals surface area (Å²) in [5, 5.41) is 0.205. The Morgan fingerprint density at radius 2 is 2.35 bits per heavy atom. The van der Waals surface area contributed by atoms with E-state index in [1.165, 1.54) is 12.1 Å². The first kappa shape index (κ1) is 14.4. The number of rotatable bonds is 2. The number of carbonyl (C=O) groups is 1. The third-order valence-corrected chi connectivity index (χ3v) is 5.68. The molecule has 0 bridgehead atoms. The Labute approximate surface area is 127 Å². The van der Waals surface area contributed by atoms with Crippen molar-refractivity contribution in [3.63, 3.8) is 0 Å². The minimum absolute atomic E-state index is 0.0434. The molecule has 0 radical (unpaired) electrons. The van der Waals surface area contributed by atoms with E-state index < -0.39 is 5.82 Å². The number of thioether (sulfide) groups is 1. The SMILES string of the molecule is O=C(c1c(F)cccc1Cl)C1CCOC2(CCSC2)C1. The van der Waals surface area contributed by atoms with Gasteiger partial charge in [0.15, 0.2) is 5.78 Å². The Kier molecular flexibility index (Phi) is 4.07. The topological polar surface area (TPSA) is 26.3 Å². The molecule has 2 aliphatic heterocycles. The zero-order chi connectivity index (χ0) is 14.2. The lowest BCUT2D eigenvalue weighted by molar-refractivity contribution is -0.0735. The van der Waals surface area contributed by atoms with Crippen molar-refractivity contribution in [1.29, 1.82) is 0 Å². The maximum Gasteiger partial charge on any atom is 0.170 e. The zero-order valence-corrected chi connectivity index (χ0v) is 12.6. The van der Waals surface area contributed by atoms with Crippen molar-refractivity contribution in [2.45, 2.75) is 24.9 Å². The van der Waals surface area contributed by atoms with Gasteiger partial charge in [-0.2, -0.15) is 11.8 Å². The molecule has 3 rings (SSSR count). The molecule has 2 unspecified atom stereocenters. The van der Waals surface area contributed by atoms with Gasteiger partial charge in [-0.05, 0) is 37.1 Å². The third-order valence-electron chi connectivity index (χ3n) is 4.14. The monoisotopic (exact) mass is 314 g/mol. The van der Waals surface area contributed by atoms with Crippen molar-refractivity contribution in [1.82, 2.24) is 0 Å². The van der Waals surface area contributed by atoms with Gasteiger partial charge >= 0.3 is 0 Å². The van der Waals surface area contributed by atoms with E-state index in [1.807, 2.05) is 11.8 Å². The molecule has 0 amide bonds. The zero-order valence-electron chi connectivity index (χ0n) is 11.0. The molecular weight excluding hydrogens is 299 g/mol. The Balaban J connectivity index is 1.83. The lowest BCUT2D eigenvalue weighted by atomic mass is 9.81. The normalized spacial score (nSPS) is 29.8. The van der Waals surface area contributed by atoms with Gasteiger partial charge in [-0.3, -0.25) is 4.79 Å². The van der Waals surface area contributed by atoms with Gasteiger partial charge < -0.3 is 4.74 Å². The fourth-order valence-corrected chi connectivity index (χ4v) is 4.69. The van der Waals surface area contributed by atoms with Crippen LogP contribution in [0.1, 0.15) is 29.6 Å². The molecule has 2 fully saturated rings. The molecule has 1 aromatic carbocycles. The molecule has 0 aromatic heterocycles. The Morgan fingerprint density at radius 1 is 1.50 bits per heavy atom. The molecule has 2 aliphatic rings. The predicted octanol–water partition coefficient (Wildman–Crippen LogP) is 3.96. The average Bonchev–Trinajstić information content (AvgIpc) is 2.86. The minimum Gasteiger partial charge on any atom is -0.374 e. The molecule has 2 heterocycles. The number of halogens is 2. The number of ketones is 1. The van der Waals surface area contributed by atoms with E-state index in [0.29, 0.717) is 19.4 Å². The van der Waals surface area contributed by atoms with Crippen molar-refractivity contribution in [2.24, 2.45) is 5.92 Å². The summed E-state index contributed by atoms with van der Waals surface area (Å²) in [7, 11) is 0. The summed E-state index contributed by atoms with van der Waals surface area (Å²) in [5.74, 6) is 1.12. The van der Waals surface area contributed by atoms with Crippen LogP contribution in [0.4, 0.5) is 4.39 Å². The number of hydrogen-bond acceptors (Lipinski definition) is 3. The van der Waals surface area contributed by atoms with Crippen molar-refractivity contribution in [3.8, 4) is 0 Å². The molecule has 108 valence electrons. The highest BCUT2D eigenvalue weighted by atomic mass is 35.5. The van der Waals surface area contributed by atoms with Crippen LogP contribution in [0.3, 0.4) is 0 Å². The molecule has 1 spiro atoms. The first-order valence-electron chi connectivity index (χ1n) is 6.81. The number of carbonyl (C=O) groups excluding carboxylic acids is 1. The maximum absolute atomic E-state index is 13.9. The molecule has 5 heteroatoms. The minimum atomic E-state index is -0.524. The van der Waals surface area contributed by atoms with Crippen molar-refractivity contribution >= 4 is 29.1 Å². The fraction of sp³-hybridized carbons (Fsp3) is 0.533. The Morgan fingerprint density at radius 3 is 3.05 bits per heavy atom. The van der Waals surface area contributed by atoms with Crippen molar-refractivity contribution < 1.29 is 13.9 Å². The summed E-state index contributed by atoms with van der Waals surface area (Å²) in [6, 6.07) is 4.38. The van der Waals surface area contributed by atoms with Gasteiger partial charge in [-0.1, -0.05) is 17.7 Å². The maximum atomic E-state index is 13.9. The highest BCUT2D eigenvalue weighted by molar-refractivity contribution is 7.99. The van der Waals surface area contributed by atoms with E-state index in [0.717, 1.165) is 17.9 Å². The van der Waals surface area contributed by atoms with E-state index in [4.69, 9.17) is 16.3 Å². The molecule has 2 atom stereocenters. The molecular formula is C15H16ClFO2S. The molecule has 0 aliphatic carbocycles. The van der Waals surface area contributed by atoms with Gasteiger partial charge in [0.2, 0.25) is 0 Å². The summed E-state index contributed by atoms with van der Waals surface area (Å²) in [5.41, 5.74) is -0.136. The van der Waals surface area contributed by atoms with Crippen LogP contribution in [-0.4, -0.2) is 29.5 Å². The number of ether oxygens (including phenoxy) is 1. The van der Waals surface area contributed by atoms with Gasteiger partial charge in [0.25, 0.3) is 0 Å². The lowest BCUT2D eigenvalue weighted by Gasteiger charge is -2.37. The summed E-state index contributed by atoms with van der Waals surface area (Å²) >= 11 is 7.86. The largest absolute Gasteiger partial charge is 0.374 e. The lowest BCUT2D eigenvalue weighted by Crippen LogP contribution is -2.42. The van der Waals surface area contributed by atoms with E-state index in [2.05, 4.69) is 0 Å². The molecule has 2 nitrogen and oxygen atoms in total. The molecule has 0 saturated carbocycles. The second kappa shape index (κ2) is 5.66. The number of hydrogen-bond donors (Lipinski definition) is 0. The average molecular weight is 315 g/mol. The van der Waals surface area contributed by atoms with Gasteiger partial charge in [0.05, 0.1) is 16.2 Å². The van der Waals surface area contributed by atoms with Crippen molar-refractivity contribution in [2.75, 3.05) is 18.1 Å². The number of benzene rings is 1. The predicted molar refractivity (Wildman–Crippen MR) is 79.1 cm³/mol. The molecule has 0 N–H and O–H groups in total. The summed E-state index contributed by atoms with van der Waals surface area (Å²) in [6.45, 7) is 0.572. The van der Waals surface area contributed by atoms with E-state index in [9.17, 15) is 9.18 Å². The van der Waals surface area contributed by atoms with Crippen LogP contribution in [0, 0.1) is 11.7 Å². The summed E-state index contributed by atoms with van der Waals surface area (Å²) in [6.07, 6.45) is 2.31. The van der Waals surface area contributed by atoms with Crippen molar-refractivity contribution in [3.05, 3.63) is 34.6 Å². The highest BCUT2D eigenvalue weighted by Gasteiger charge is 2.43. The fourth-order valence-electron chi connectivity index (χ4n) is 3.05. The van der Waals surface area contributed by atoms with Crippen LogP contribution >= 0.6 is 23.4 Å². The quantitative estimate of drug-likeness (QED) is 0.773. The van der Waals surface area contributed by atoms with E-state index in [1.54, 1.807) is 6.07 Å². The molecule has 20 heavy (non-hydrogen) atoms. The van der Waals surface area contributed by atoms with E-state index in [-0.39, 0.29) is 27.9 Å². The summed E-state index contributed by atoms with van der Waals surface area (Å²) in [4.78, 5) is 12.6. The number of Topliss-reactive ketones (excluding diaryl/α,β-unsaturated/α-hetero) is 1. The first-order chi connectivity index (χ1) is 9.61. The smallest absolute Gasteiger partial charge is 0.170 e. The highest BCUT2D eigenvalue weighted by Crippen LogP contribution is 2.41. The Bertz CT molecular complexity index is 508. The van der Waals surface area contributed by atoms with Gasteiger partial charge in [0, 0.05) is 18.3 Å². The Hall–Kier alpha value is -0.580. The first-order valence-corrected chi connectivity index (χ1v) is 8.34. The van der Waals surface area contributed by atoms with Crippen LogP contribution in [0.2, 0.25) is 5.02 Å². The second-order valence-electron chi connectivity index (χ2n) is 5.48. The molecule has 1 aromatic rings. The third kappa shape index (κ3) is 2.61. The van der Waals surface area contributed by atoms with Gasteiger partial charge in [-0.25, -0.2) is 4.39 Å². The molecule has 2 saturated heterocycles. The van der Waals surface area contributed by atoms with E-state index >= 15 is 0 Å². The van der Waals surface area contributed by atoms with Crippen LogP contribution in [0.25, 0.3) is 0 Å². The van der Waals surface area contributed by atoms with Gasteiger partial charge in [-0.15, -0.1) is 0 Å². The van der Waals surface area contributed by atoms with Crippen LogP contribution < -0.4 is 0 Å². The van der Waals surface area contributed by atoms with Crippen LogP contribution in [0.15, 0.2) is 18.2 Å². The van der Waals surface area contributed by atoms with Gasteiger partial charge in [0.1, 0.15) is 5.82 Å². The van der Waals surface area contributed by atoms with Crippen LogP contribution in [-0.2, 0) is 4.74 Å². The van der Waals surface area contributed by atoms with Crippen LogP contribution in [0.5, 0.6) is 0 Å². The standard InChI is InChI=1S/C15H16ClFO2S/c16-11-2-1-3-12(17)13(11)14(18)10-4-6-19-15(8-10)5-7-20-9-15/h1-3,10H,4-9H2. The summed E-state index contributed by atoms with van der Waals surface area (Å²) < 4.78 is 19.8.